The molecule has 2 aromatic rings. The second-order valence-corrected chi connectivity index (χ2v) is 4.71. The summed E-state index contributed by atoms with van der Waals surface area (Å²) in [7, 11) is 0. The van der Waals surface area contributed by atoms with Crippen LogP contribution in [0.2, 0.25) is 0 Å². The zero-order valence-corrected chi connectivity index (χ0v) is 12.0. The van der Waals surface area contributed by atoms with Gasteiger partial charge in [-0.05, 0) is 37.1 Å². The van der Waals surface area contributed by atoms with E-state index in [4.69, 9.17) is 0 Å². The van der Waals surface area contributed by atoms with Gasteiger partial charge in [-0.1, -0.05) is 24.3 Å². The first kappa shape index (κ1) is 14.7. The third kappa shape index (κ3) is 3.89. The van der Waals surface area contributed by atoms with Gasteiger partial charge in [0.2, 0.25) is 5.91 Å². The summed E-state index contributed by atoms with van der Waals surface area (Å²) in [6.45, 7) is 3.62. The maximum absolute atomic E-state index is 12.0. The van der Waals surface area contributed by atoms with E-state index in [-0.39, 0.29) is 18.4 Å². The average molecular weight is 283 g/mol. The van der Waals surface area contributed by atoms with Crippen molar-refractivity contribution in [3.63, 3.8) is 0 Å². The van der Waals surface area contributed by atoms with E-state index in [1.54, 1.807) is 24.4 Å². The van der Waals surface area contributed by atoms with Crippen molar-refractivity contribution in [1.29, 1.82) is 0 Å². The highest BCUT2D eigenvalue weighted by Gasteiger charge is 2.10. The number of amides is 2. The summed E-state index contributed by atoms with van der Waals surface area (Å²) in [4.78, 5) is 27.9. The predicted octanol–water partition coefficient (Wildman–Crippen LogP) is 2.07. The Morgan fingerprint density at radius 3 is 2.48 bits per heavy atom. The highest BCUT2D eigenvalue weighted by atomic mass is 16.2. The Kier molecular flexibility index (Phi) is 4.66. The molecule has 0 aliphatic rings. The van der Waals surface area contributed by atoms with E-state index in [1.165, 1.54) is 0 Å². The lowest BCUT2D eigenvalue weighted by Crippen LogP contribution is -2.33. The molecule has 0 unspecified atom stereocenters. The molecule has 1 aromatic heterocycles. The summed E-state index contributed by atoms with van der Waals surface area (Å²) < 4.78 is 0. The summed E-state index contributed by atoms with van der Waals surface area (Å²) in [6.07, 6.45) is 1.61. The van der Waals surface area contributed by atoms with Crippen molar-refractivity contribution >= 4 is 17.6 Å². The fraction of sp³-hybridized carbons (Fsp3) is 0.188. The molecule has 0 fully saturated rings. The lowest BCUT2D eigenvalue weighted by molar-refractivity contribution is -0.115. The molecular weight excluding hydrogens is 266 g/mol. The molecule has 0 bridgehead atoms. The molecule has 0 aliphatic heterocycles. The first-order valence-electron chi connectivity index (χ1n) is 6.63. The fourth-order valence-electron chi connectivity index (χ4n) is 1.88. The largest absolute Gasteiger partial charge is 0.343 e. The highest BCUT2D eigenvalue weighted by molar-refractivity contribution is 5.99. The maximum Gasteiger partial charge on any atom is 0.251 e. The lowest BCUT2D eigenvalue weighted by Gasteiger charge is -2.09. The molecule has 1 heterocycles. The molecule has 5 nitrogen and oxygen atoms in total. The van der Waals surface area contributed by atoms with Crippen LogP contribution in [-0.2, 0) is 4.79 Å². The van der Waals surface area contributed by atoms with Gasteiger partial charge in [-0.3, -0.25) is 9.59 Å². The SMILES string of the molecule is Cc1ccccc1C(=O)NCC(=O)Nc1ncccc1C. The van der Waals surface area contributed by atoms with Gasteiger partial charge in [-0.15, -0.1) is 0 Å². The number of rotatable bonds is 4. The number of pyridine rings is 1. The average Bonchev–Trinajstić information content (AvgIpc) is 2.48. The summed E-state index contributed by atoms with van der Waals surface area (Å²) in [6, 6.07) is 10.9. The second-order valence-electron chi connectivity index (χ2n) is 4.71. The molecule has 2 N–H and O–H groups in total. The van der Waals surface area contributed by atoms with Gasteiger partial charge in [0.1, 0.15) is 5.82 Å². The van der Waals surface area contributed by atoms with Crippen LogP contribution >= 0.6 is 0 Å². The summed E-state index contributed by atoms with van der Waals surface area (Å²) >= 11 is 0. The normalized spacial score (nSPS) is 10.0. The Bertz CT molecular complexity index is 668. The van der Waals surface area contributed by atoms with Gasteiger partial charge in [-0.2, -0.15) is 0 Å². The molecule has 5 heteroatoms. The topological polar surface area (TPSA) is 71.1 Å². The van der Waals surface area contributed by atoms with E-state index in [9.17, 15) is 9.59 Å². The number of aryl methyl sites for hydroxylation is 2. The lowest BCUT2D eigenvalue weighted by atomic mass is 10.1. The molecule has 1 aromatic carbocycles. The van der Waals surface area contributed by atoms with Crippen LogP contribution in [0.1, 0.15) is 21.5 Å². The van der Waals surface area contributed by atoms with Crippen molar-refractivity contribution in [3.05, 3.63) is 59.3 Å². The Labute approximate surface area is 123 Å². The van der Waals surface area contributed by atoms with Crippen molar-refractivity contribution in [2.24, 2.45) is 0 Å². The van der Waals surface area contributed by atoms with Gasteiger partial charge in [0.05, 0.1) is 6.54 Å². The van der Waals surface area contributed by atoms with Crippen molar-refractivity contribution in [1.82, 2.24) is 10.3 Å². The molecule has 0 atom stereocenters. The number of aromatic nitrogens is 1. The van der Waals surface area contributed by atoms with Crippen LogP contribution in [0.4, 0.5) is 5.82 Å². The van der Waals surface area contributed by atoms with Gasteiger partial charge < -0.3 is 10.6 Å². The molecule has 0 saturated carbocycles. The van der Waals surface area contributed by atoms with Crippen LogP contribution in [0.3, 0.4) is 0 Å². The summed E-state index contributed by atoms with van der Waals surface area (Å²) in [5.41, 5.74) is 2.31. The van der Waals surface area contributed by atoms with Crippen LogP contribution in [0.15, 0.2) is 42.6 Å². The van der Waals surface area contributed by atoms with E-state index in [0.29, 0.717) is 11.4 Å². The fourth-order valence-corrected chi connectivity index (χ4v) is 1.88. The van der Waals surface area contributed by atoms with E-state index >= 15 is 0 Å². The number of carbonyl (C=O) groups is 2. The first-order valence-corrected chi connectivity index (χ1v) is 6.63. The molecule has 0 saturated heterocycles. The molecule has 2 amide bonds. The molecule has 2 rings (SSSR count). The van der Waals surface area contributed by atoms with E-state index in [0.717, 1.165) is 11.1 Å². The van der Waals surface area contributed by atoms with Crippen molar-refractivity contribution in [3.8, 4) is 0 Å². The van der Waals surface area contributed by atoms with Crippen LogP contribution < -0.4 is 10.6 Å². The van der Waals surface area contributed by atoms with Gasteiger partial charge in [0, 0.05) is 11.8 Å². The highest BCUT2D eigenvalue weighted by Crippen LogP contribution is 2.09. The Hall–Kier alpha value is -2.69. The number of nitrogens with zero attached hydrogens (tertiary/aromatic N) is 1. The molecule has 21 heavy (non-hydrogen) atoms. The molecular formula is C16H17N3O2. The number of nitrogens with one attached hydrogen (secondary N) is 2. The minimum atomic E-state index is -0.307. The third-order valence-electron chi connectivity index (χ3n) is 3.07. The third-order valence-corrected chi connectivity index (χ3v) is 3.07. The van der Waals surface area contributed by atoms with Crippen LogP contribution in [0.25, 0.3) is 0 Å². The summed E-state index contributed by atoms with van der Waals surface area (Å²) in [5, 5.41) is 5.27. The minimum absolute atomic E-state index is 0.0941. The number of hydrogen-bond donors (Lipinski definition) is 2. The number of carbonyl (C=O) groups excluding carboxylic acids is 2. The molecule has 108 valence electrons. The van der Waals surface area contributed by atoms with Crippen molar-refractivity contribution in [2.45, 2.75) is 13.8 Å². The van der Waals surface area contributed by atoms with Crippen LogP contribution in [0, 0.1) is 13.8 Å². The molecule has 0 aliphatic carbocycles. The monoisotopic (exact) mass is 283 g/mol. The van der Waals surface area contributed by atoms with Crippen LogP contribution in [0.5, 0.6) is 0 Å². The van der Waals surface area contributed by atoms with Crippen molar-refractivity contribution < 1.29 is 9.59 Å². The smallest absolute Gasteiger partial charge is 0.251 e. The van der Waals surface area contributed by atoms with Gasteiger partial charge in [0.25, 0.3) is 5.91 Å². The number of anilines is 1. The van der Waals surface area contributed by atoms with Gasteiger partial charge in [-0.25, -0.2) is 4.98 Å². The molecule has 0 spiro atoms. The van der Waals surface area contributed by atoms with E-state index < -0.39 is 0 Å². The van der Waals surface area contributed by atoms with Gasteiger partial charge in [0.15, 0.2) is 0 Å². The Morgan fingerprint density at radius 1 is 1.05 bits per heavy atom. The predicted molar refractivity (Wildman–Crippen MR) is 81.1 cm³/mol. The molecule has 0 radical (unpaired) electrons. The quantitative estimate of drug-likeness (QED) is 0.902. The van der Waals surface area contributed by atoms with Crippen molar-refractivity contribution in [2.75, 3.05) is 11.9 Å². The van der Waals surface area contributed by atoms with Crippen LogP contribution in [-0.4, -0.2) is 23.3 Å². The Morgan fingerprint density at radius 2 is 1.76 bits per heavy atom. The van der Waals surface area contributed by atoms with E-state index in [2.05, 4.69) is 15.6 Å². The standard InChI is InChI=1S/C16H17N3O2/c1-11-6-3-4-8-13(11)16(21)18-10-14(20)19-15-12(2)7-5-9-17-15/h3-9H,10H2,1-2H3,(H,18,21)(H,17,19,20). The number of benzene rings is 1. The first-order chi connectivity index (χ1) is 10.1. The second kappa shape index (κ2) is 6.65. The zero-order chi connectivity index (χ0) is 15.2. The zero-order valence-electron chi connectivity index (χ0n) is 12.0. The maximum atomic E-state index is 12.0. The van der Waals surface area contributed by atoms with E-state index in [1.807, 2.05) is 32.0 Å². The Balaban J connectivity index is 1.91. The number of hydrogen-bond acceptors (Lipinski definition) is 3. The van der Waals surface area contributed by atoms with Gasteiger partial charge >= 0.3 is 0 Å². The summed E-state index contributed by atoms with van der Waals surface area (Å²) in [5.74, 6) is -0.0626. The minimum Gasteiger partial charge on any atom is -0.343 e.